The number of benzene rings is 1. The maximum atomic E-state index is 10.9. The second-order valence-corrected chi connectivity index (χ2v) is 4.40. The number of aromatic nitrogens is 2. The van der Waals surface area contributed by atoms with Gasteiger partial charge in [0.25, 0.3) is 5.69 Å². The Morgan fingerprint density at radius 1 is 1.50 bits per heavy atom. The summed E-state index contributed by atoms with van der Waals surface area (Å²) in [6.07, 6.45) is 1.49. The van der Waals surface area contributed by atoms with Crippen LogP contribution < -0.4 is 11.1 Å². The molecule has 0 saturated carbocycles. The molecular weight excluding hydrogens is 262 g/mol. The van der Waals surface area contributed by atoms with E-state index < -0.39 is 10.8 Å². The van der Waals surface area contributed by atoms with Gasteiger partial charge in [-0.1, -0.05) is 0 Å². The summed E-state index contributed by atoms with van der Waals surface area (Å²) in [6, 6.07) is 4.10. The molecule has 0 spiro atoms. The van der Waals surface area contributed by atoms with E-state index >= 15 is 0 Å². The Kier molecular flexibility index (Phi) is 3.74. The maximum absolute atomic E-state index is 10.9. The monoisotopic (exact) mass is 275 g/mol. The van der Waals surface area contributed by atoms with Crippen LogP contribution in [0.4, 0.5) is 11.5 Å². The van der Waals surface area contributed by atoms with E-state index in [1.165, 1.54) is 18.5 Å². The summed E-state index contributed by atoms with van der Waals surface area (Å²) in [7, 11) is 0. The van der Waals surface area contributed by atoms with Gasteiger partial charge in [0.05, 0.1) is 10.4 Å². The highest BCUT2D eigenvalue weighted by atomic mass is 16.6. The van der Waals surface area contributed by atoms with Crippen LogP contribution in [0.3, 0.4) is 0 Å². The first kappa shape index (κ1) is 13.7. The molecule has 0 aliphatic rings. The maximum Gasteiger partial charge on any atom is 0.270 e. The number of carbonyl (C=O) groups is 1. The number of amides is 1. The van der Waals surface area contributed by atoms with E-state index in [4.69, 9.17) is 5.73 Å². The first-order chi connectivity index (χ1) is 9.47. The molecule has 1 aromatic heterocycles. The number of anilines is 1. The van der Waals surface area contributed by atoms with Gasteiger partial charge in [0.15, 0.2) is 0 Å². The minimum absolute atomic E-state index is 0.0436. The van der Waals surface area contributed by atoms with Gasteiger partial charge >= 0.3 is 0 Å². The van der Waals surface area contributed by atoms with Gasteiger partial charge in [0.1, 0.15) is 12.1 Å². The SMILES string of the molecule is CC(CC(N)=O)Nc1ncnc2ccc([N+](=O)[O-])cc12. The lowest BCUT2D eigenvalue weighted by atomic mass is 10.2. The molecule has 104 valence electrons. The molecule has 1 unspecified atom stereocenters. The van der Waals surface area contributed by atoms with Crippen LogP contribution in [0.5, 0.6) is 0 Å². The van der Waals surface area contributed by atoms with E-state index in [0.717, 1.165) is 0 Å². The lowest BCUT2D eigenvalue weighted by Crippen LogP contribution is -2.24. The molecule has 1 amide bonds. The number of hydrogen-bond acceptors (Lipinski definition) is 6. The zero-order valence-electron chi connectivity index (χ0n) is 10.7. The van der Waals surface area contributed by atoms with Gasteiger partial charge in [0, 0.05) is 30.0 Å². The van der Waals surface area contributed by atoms with Gasteiger partial charge in [-0.25, -0.2) is 9.97 Å². The van der Waals surface area contributed by atoms with E-state index in [0.29, 0.717) is 16.7 Å². The highest BCUT2D eigenvalue weighted by molar-refractivity contribution is 5.90. The van der Waals surface area contributed by atoms with E-state index in [9.17, 15) is 14.9 Å². The van der Waals surface area contributed by atoms with Crippen molar-refractivity contribution in [1.29, 1.82) is 0 Å². The highest BCUT2D eigenvalue weighted by Gasteiger charge is 2.13. The smallest absolute Gasteiger partial charge is 0.270 e. The summed E-state index contributed by atoms with van der Waals surface area (Å²) < 4.78 is 0. The van der Waals surface area contributed by atoms with Gasteiger partial charge in [-0.05, 0) is 13.0 Å². The number of nitrogens with one attached hydrogen (secondary N) is 1. The Morgan fingerprint density at radius 3 is 2.90 bits per heavy atom. The first-order valence-electron chi connectivity index (χ1n) is 5.91. The van der Waals surface area contributed by atoms with Crippen LogP contribution in [0.15, 0.2) is 24.5 Å². The number of nitrogens with zero attached hydrogens (tertiary/aromatic N) is 3. The van der Waals surface area contributed by atoms with E-state index in [-0.39, 0.29) is 18.2 Å². The lowest BCUT2D eigenvalue weighted by molar-refractivity contribution is -0.384. The average Bonchev–Trinajstić information content (AvgIpc) is 2.37. The number of hydrogen-bond donors (Lipinski definition) is 2. The number of nitro groups is 1. The quantitative estimate of drug-likeness (QED) is 0.624. The van der Waals surface area contributed by atoms with Crippen LogP contribution in [0.1, 0.15) is 13.3 Å². The van der Waals surface area contributed by atoms with Crippen molar-refractivity contribution in [1.82, 2.24) is 9.97 Å². The third-order valence-electron chi connectivity index (χ3n) is 2.72. The molecule has 0 aliphatic heterocycles. The summed E-state index contributed by atoms with van der Waals surface area (Å²) in [5.41, 5.74) is 5.66. The fourth-order valence-electron chi connectivity index (χ4n) is 1.86. The Hall–Kier alpha value is -2.77. The molecule has 8 nitrogen and oxygen atoms in total. The Morgan fingerprint density at radius 2 is 2.25 bits per heavy atom. The van der Waals surface area contributed by atoms with E-state index in [1.54, 1.807) is 13.0 Å². The lowest BCUT2D eigenvalue weighted by Gasteiger charge is -2.13. The van der Waals surface area contributed by atoms with E-state index in [1.807, 2.05) is 0 Å². The molecule has 20 heavy (non-hydrogen) atoms. The number of rotatable bonds is 5. The highest BCUT2D eigenvalue weighted by Crippen LogP contribution is 2.24. The number of non-ortho nitro benzene ring substituents is 1. The topological polar surface area (TPSA) is 124 Å². The zero-order valence-corrected chi connectivity index (χ0v) is 10.7. The molecule has 1 aromatic carbocycles. The van der Waals surface area contributed by atoms with Crippen molar-refractivity contribution in [2.45, 2.75) is 19.4 Å². The fourth-order valence-corrected chi connectivity index (χ4v) is 1.86. The molecule has 8 heteroatoms. The van der Waals surface area contributed by atoms with Crippen LogP contribution in [-0.4, -0.2) is 26.8 Å². The van der Waals surface area contributed by atoms with Crippen molar-refractivity contribution in [2.75, 3.05) is 5.32 Å². The standard InChI is InChI=1S/C12H13N5O3/c1-7(4-11(13)18)16-12-9-5-8(17(19)20)2-3-10(9)14-6-15-12/h2-3,5-7H,4H2,1H3,(H2,13,18)(H,14,15,16). The normalized spacial score (nSPS) is 12.1. The minimum atomic E-state index is -0.483. The Balaban J connectivity index is 2.39. The second kappa shape index (κ2) is 5.47. The number of fused-ring (bicyclic) bond motifs is 1. The molecule has 0 radical (unpaired) electrons. The summed E-state index contributed by atoms with van der Waals surface area (Å²) in [4.78, 5) is 29.3. The van der Waals surface area contributed by atoms with Gasteiger partial charge < -0.3 is 11.1 Å². The molecule has 2 aromatic rings. The summed E-state index contributed by atoms with van der Waals surface area (Å²) >= 11 is 0. The third-order valence-corrected chi connectivity index (χ3v) is 2.72. The number of primary amides is 1. The first-order valence-corrected chi connectivity index (χ1v) is 5.91. The fraction of sp³-hybridized carbons (Fsp3) is 0.250. The molecule has 3 N–H and O–H groups in total. The molecule has 1 heterocycles. The van der Waals surface area contributed by atoms with Crippen LogP contribution >= 0.6 is 0 Å². The molecular formula is C12H13N5O3. The number of nitrogens with two attached hydrogens (primary N) is 1. The third kappa shape index (κ3) is 2.97. The predicted octanol–water partition coefficient (Wildman–Crippen LogP) is 1.21. The van der Waals surface area contributed by atoms with Crippen LogP contribution in [0.2, 0.25) is 0 Å². The largest absolute Gasteiger partial charge is 0.370 e. The van der Waals surface area contributed by atoms with E-state index in [2.05, 4.69) is 15.3 Å². The van der Waals surface area contributed by atoms with Gasteiger partial charge in [0.2, 0.25) is 5.91 Å². The molecule has 0 bridgehead atoms. The molecule has 2 rings (SSSR count). The average molecular weight is 275 g/mol. The van der Waals surface area contributed by atoms with Crippen molar-refractivity contribution in [3.05, 3.63) is 34.6 Å². The summed E-state index contributed by atoms with van der Waals surface area (Å²) in [5.74, 6) is 0.00166. The number of carbonyl (C=O) groups excluding carboxylic acids is 1. The molecule has 0 fully saturated rings. The van der Waals surface area contributed by atoms with Gasteiger partial charge in [-0.2, -0.15) is 0 Å². The van der Waals surface area contributed by atoms with Gasteiger partial charge in [-0.3, -0.25) is 14.9 Å². The van der Waals surface area contributed by atoms with Crippen molar-refractivity contribution >= 4 is 28.3 Å². The predicted molar refractivity (Wildman–Crippen MR) is 73.1 cm³/mol. The van der Waals surface area contributed by atoms with Crippen molar-refractivity contribution < 1.29 is 9.72 Å². The van der Waals surface area contributed by atoms with Crippen molar-refractivity contribution in [3.63, 3.8) is 0 Å². The molecule has 0 aliphatic carbocycles. The van der Waals surface area contributed by atoms with Crippen molar-refractivity contribution in [2.24, 2.45) is 5.73 Å². The summed E-state index contributed by atoms with van der Waals surface area (Å²) in [5, 5.41) is 14.3. The second-order valence-electron chi connectivity index (χ2n) is 4.40. The van der Waals surface area contributed by atoms with Crippen molar-refractivity contribution in [3.8, 4) is 0 Å². The minimum Gasteiger partial charge on any atom is -0.370 e. The van der Waals surface area contributed by atoms with Crippen LogP contribution in [0.25, 0.3) is 10.9 Å². The van der Waals surface area contributed by atoms with Crippen LogP contribution in [-0.2, 0) is 4.79 Å². The Bertz CT molecular complexity index is 673. The van der Waals surface area contributed by atoms with Gasteiger partial charge in [-0.15, -0.1) is 0 Å². The zero-order chi connectivity index (χ0) is 14.7. The Labute approximate surface area is 114 Å². The molecule has 1 atom stereocenters. The number of nitro benzene ring substituents is 1. The van der Waals surface area contributed by atoms with Crippen LogP contribution in [0, 0.1) is 10.1 Å². The summed E-state index contributed by atoms with van der Waals surface area (Å²) in [6.45, 7) is 1.77. The molecule has 0 saturated heterocycles.